The number of nitrogens with two attached hydrogens (primary N) is 1. The number of hydrogen-bond acceptors (Lipinski definition) is 3. The standard InChI is InChI=1S/C16H31N3O/c1-16(2)7-6-10-19(13-16)14(12-17)11-15(20)18-8-4-3-5-9-18/h14H,3-13,17H2,1-2H3. The highest BCUT2D eigenvalue weighted by Crippen LogP contribution is 2.30. The van der Waals surface area contributed by atoms with Crippen LogP contribution >= 0.6 is 0 Å². The Labute approximate surface area is 123 Å². The number of likely N-dealkylation sites (tertiary alicyclic amines) is 2. The average Bonchev–Trinajstić information content (AvgIpc) is 2.44. The Morgan fingerprint density at radius 3 is 2.45 bits per heavy atom. The molecule has 20 heavy (non-hydrogen) atoms. The number of hydrogen-bond donors (Lipinski definition) is 1. The third kappa shape index (κ3) is 4.19. The first-order valence-corrected chi connectivity index (χ1v) is 8.24. The largest absolute Gasteiger partial charge is 0.343 e. The molecule has 116 valence electrons. The van der Waals surface area contributed by atoms with Gasteiger partial charge >= 0.3 is 0 Å². The maximum absolute atomic E-state index is 12.4. The SMILES string of the molecule is CC1(C)CCCN(C(CN)CC(=O)N2CCCCC2)C1. The number of carbonyl (C=O) groups excluding carboxylic acids is 1. The minimum atomic E-state index is 0.226. The molecule has 0 aliphatic carbocycles. The van der Waals surface area contributed by atoms with Crippen molar-refractivity contribution in [2.45, 2.75) is 58.4 Å². The predicted octanol–water partition coefficient (Wildman–Crippen LogP) is 1.84. The molecule has 0 aromatic carbocycles. The van der Waals surface area contributed by atoms with Crippen molar-refractivity contribution in [1.29, 1.82) is 0 Å². The molecule has 2 saturated heterocycles. The van der Waals surface area contributed by atoms with Gasteiger partial charge in [-0.05, 0) is 44.1 Å². The van der Waals surface area contributed by atoms with E-state index in [0.29, 0.717) is 24.3 Å². The molecule has 1 amide bonds. The Balaban J connectivity index is 1.89. The van der Waals surface area contributed by atoms with Crippen molar-refractivity contribution in [3.05, 3.63) is 0 Å². The molecule has 2 heterocycles. The van der Waals surface area contributed by atoms with Gasteiger partial charge in [0.15, 0.2) is 0 Å². The summed E-state index contributed by atoms with van der Waals surface area (Å²) in [5.74, 6) is 0.309. The highest BCUT2D eigenvalue weighted by Gasteiger charge is 2.31. The molecular weight excluding hydrogens is 250 g/mol. The molecule has 2 fully saturated rings. The highest BCUT2D eigenvalue weighted by atomic mass is 16.2. The summed E-state index contributed by atoms with van der Waals surface area (Å²) in [5.41, 5.74) is 6.32. The first-order chi connectivity index (χ1) is 9.52. The molecule has 0 bridgehead atoms. The number of nitrogens with zero attached hydrogens (tertiary/aromatic N) is 2. The van der Waals surface area contributed by atoms with E-state index in [1.165, 1.54) is 19.3 Å². The van der Waals surface area contributed by atoms with Crippen molar-refractivity contribution in [2.24, 2.45) is 11.1 Å². The first-order valence-electron chi connectivity index (χ1n) is 8.24. The molecule has 0 radical (unpaired) electrons. The molecule has 0 spiro atoms. The van der Waals surface area contributed by atoms with Crippen LogP contribution in [-0.4, -0.2) is 54.5 Å². The van der Waals surface area contributed by atoms with E-state index in [1.807, 2.05) is 4.90 Å². The summed E-state index contributed by atoms with van der Waals surface area (Å²) in [6.45, 7) is 9.29. The average molecular weight is 281 g/mol. The van der Waals surface area contributed by atoms with Crippen molar-refractivity contribution in [3.63, 3.8) is 0 Å². The van der Waals surface area contributed by atoms with Crippen LogP contribution in [0.3, 0.4) is 0 Å². The quantitative estimate of drug-likeness (QED) is 0.855. The van der Waals surface area contributed by atoms with Crippen molar-refractivity contribution in [2.75, 3.05) is 32.7 Å². The molecule has 0 aromatic rings. The van der Waals surface area contributed by atoms with E-state index in [-0.39, 0.29) is 6.04 Å². The van der Waals surface area contributed by atoms with Crippen LogP contribution in [0.1, 0.15) is 52.4 Å². The maximum Gasteiger partial charge on any atom is 0.224 e. The molecular formula is C16H31N3O. The first kappa shape index (κ1) is 15.8. The second kappa shape index (κ2) is 6.90. The molecule has 2 N–H and O–H groups in total. The summed E-state index contributed by atoms with van der Waals surface area (Å²) in [7, 11) is 0. The van der Waals surface area contributed by atoms with Crippen LogP contribution in [0.5, 0.6) is 0 Å². The van der Waals surface area contributed by atoms with Crippen molar-refractivity contribution in [3.8, 4) is 0 Å². The minimum absolute atomic E-state index is 0.226. The maximum atomic E-state index is 12.4. The highest BCUT2D eigenvalue weighted by molar-refractivity contribution is 5.77. The van der Waals surface area contributed by atoms with Gasteiger partial charge in [0.25, 0.3) is 0 Å². The van der Waals surface area contributed by atoms with Gasteiger partial charge in [0.2, 0.25) is 5.91 Å². The lowest BCUT2D eigenvalue weighted by Gasteiger charge is -2.42. The van der Waals surface area contributed by atoms with Crippen molar-refractivity contribution in [1.82, 2.24) is 9.80 Å². The van der Waals surface area contributed by atoms with Gasteiger partial charge in [-0.15, -0.1) is 0 Å². The summed E-state index contributed by atoms with van der Waals surface area (Å²) >= 11 is 0. The summed E-state index contributed by atoms with van der Waals surface area (Å²) in [6, 6.07) is 0.226. The molecule has 4 nitrogen and oxygen atoms in total. The monoisotopic (exact) mass is 281 g/mol. The Kier molecular flexibility index (Phi) is 5.44. The number of carbonyl (C=O) groups is 1. The fraction of sp³-hybridized carbons (Fsp3) is 0.938. The van der Waals surface area contributed by atoms with Crippen molar-refractivity contribution < 1.29 is 4.79 Å². The Bertz CT molecular complexity index is 324. The lowest BCUT2D eigenvalue weighted by Crippen LogP contribution is -2.51. The number of amides is 1. The summed E-state index contributed by atoms with van der Waals surface area (Å²) in [6.07, 6.45) is 6.70. The van der Waals surface area contributed by atoms with E-state index in [0.717, 1.165) is 39.0 Å². The van der Waals surface area contributed by atoms with E-state index >= 15 is 0 Å². The van der Waals surface area contributed by atoms with Crippen LogP contribution in [0.4, 0.5) is 0 Å². The second-order valence-corrected chi connectivity index (χ2v) is 7.27. The molecule has 0 aromatic heterocycles. The zero-order valence-electron chi connectivity index (χ0n) is 13.2. The summed E-state index contributed by atoms with van der Waals surface area (Å²) < 4.78 is 0. The van der Waals surface area contributed by atoms with Crippen LogP contribution in [0.2, 0.25) is 0 Å². The van der Waals surface area contributed by atoms with Gasteiger partial charge in [-0.1, -0.05) is 13.8 Å². The number of piperidine rings is 2. The Morgan fingerprint density at radius 1 is 1.15 bits per heavy atom. The lowest BCUT2D eigenvalue weighted by molar-refractivity contribution is -0.133. The summed E-state index contributed by atoms with van der Waals surface area (Å²) in [4.78, 5) is 16.9. The van der Waals surface area contributed by atoms with Gasteiger partial charge in [0, 0.05) is 38.6 Å². The topological polar surface area (TPSA) is 49.6 Å². The molecule has 4 heteroatoms. The molecule has 2 aliphatic rings. The lowest BCUT2D eigenvalue weighted by atomic mass is 9.83. The molecule has 1 unspecified atom stereocenters. The van der Waals surface area contributed by atoms with E-state index in [4.69, 9.17) is 5.73 Å². The fourth-order valence-electron chi connectivity index (χ4n) is 3.62. The molecule has 1 atom stereocenters. The van der Waals surface area contributed by atoms with E-state index in [1.54, 1.807) is 0 Å². The summed E-state index contributed by atoms with van der Waals surface area (Å²) in [5, 5.41) is 0. The van der Waals surface area contributed by atoms with Crippen LogP contribution in [0.25, 0.3) is 0 Å². The Hall–Kier alpha value is -0.610. The molecule has 0 saturated carbocycles. The van der Waals surface area contributed by atoms with E-state index in [2.05, 4.69) is 18.7 Å². The van der Waals surface area contributed by atoms with Crippen LogP contribution < -0.4 is 5.73 Å². The second-order valence-electron chi connectivity index (χ2n) is 7.27. The minimum Gasteiger partial charge on any atom is -0.343 e. The number of rotatable bonds is 4. The van der Waals surface area contributed by atoms with Gasteiger partial charge in [0.05, 0.1) is 0 Å². The normalized spacial score (nSPS) is 25.4. The van der Waals surface area contributed by atoms with Gasteiger partial charge < -0.3 is 10.6 Å². The van der Waals surface area contributed by atoms with Crippen LogP contribution in [0.15, 0.2) is 0 Å². The predicted molar refractivity (Wildman–Crippen MR) is 82.5 cm³/mol. The van der Waals surface area contributed by atoms with Crippen molar-refractivity contribution >= 4 is 5.91 Å². The third-order valence-electron chi connectivity index (χ3n) is 4.84. The van der Waals surface area contributed by atoms with E-state index in [9.17, 15) is 4.79 Å². The zero-order chi connectivity index (χ0) is 14.6. The zero-order valence-corrected chi connectivity index (χ0v) is 13.2. The molecule has 2 rings (SSSR count). The van der Waals surface area contributed by atoms with Gasteiger partial charge in [-0.2, -0.15) is 0 Å². The van der Waals surface area contributed by atoms with Crippen LogP contribution in [-0.2, 0) is 4.79 Å². The molecule has 2 aliphatic heterocycles. The van der Waals surface area contributed by atoms with Crippen LogP contribution in [0, 0.1) is 5.41 Å². The Morgan fingerprint density at radius 2 is 1.85 bits per heavy atom. The van der Waals surface area contributed by atoms with Gasteiger partial charge in [0.1, 0.15) is 0 Å². The fourth-order valence-corrected chi connectivity index (χ4v) is 3.62. The van der Waals surface area contributed by atoms with E-state index < -0.39 is 0 Å². The van der Waals surface area contributed by atoms with Gasteiger partial charge in [-0.3, -0.25) is 9.69 Å². The third-order valence-corrected chi connectivity index (χ3v) is 4.84. The smallest absolute Gasteiger partial charge is 0.224 e. The van der Waals surface area contributed by atoms with Gasteiger partial charge in [-0.25, -0.2) is 0 Å².